The highest BCUT2D eigenvalue weighted by Gasteiger charge is 2.25. The number of amides is 2. The molecule has 0 aromatic heterocycles. The molecule has 0 radical (unpaired) electrons. The monoisotopic (exact) mass is 280 g/mol. The summed E-state index contributed by atoms with van der Waals surface area (Å²) in [5.41, 5.74) is 0.649. The number of carbonyl (C=O) groups excluding carboxylic acids is 1. The smallest absolute Gasteiger partial charge is 0.326 e. The number of carbonyl (C=O) groups is 2. The zero-order chi connectivity index (χ0) is 15.3. The minimum Gasteiger partial charge on any atom is -0.497 e. The number of anilines is 1. The number of methoxy groups -OCH3 is 1. The first kappa shape index (κ1) is 15.8. The Morgan fingerprint density at radius 2 is 1.80 bits per heavy atom. The molecular weight excluding hydrogens is 260 g/mol. The van der Waals surface area contributed by atoms with Gasteiger partial charge in [-0.1, -0.05) is 13.8 Å². The van der Waals surface area contributed by atoms with Crippen molar-refractivity contribution in [3.63, 3.8) is 0 Å². The van der Waals surface area contributed by atoms with Crippen LogP contribution in [0.1, 0.15) is 13.8 Å². The topological polar surface area (TPSA) is 78.9 Å². The fourth-order valence-electron chi connectivity index (χ4n) is 1.67. The molecule has 6 nitrogen and oxygen atoms in total. The van der Waals surface area contributed by atoms with E-state index in [0.29, 0.717) is 11.4 Å². The zero-order valence-electron chi connectivity index (χ0n) is 12.1. The lowest BCUT2D eigenvalue weighted by Crippen LogP contribution is -2.49. The maximum absolute atomic E-state index is 12.0. The van der Waals surface area contributed by atoms with Crippen LogP contribution in [0.2, 0.25) is 0 Å². The Morgan fingerprint density at radius 1 is 1.25 bits per heavy atom. The van der Waals surface area contributed by atoms with Crippen molar-refractivity contribution in [2.24, 2.45) is 5.92 Å². The first-order valence-electron chi connectivity index (χ1n) is 6.28. The average molecular weight is 280 g/mol. The molecule has 0 saturated carbocycles. The Balaban J connectivity index is 2.77. The highest BCUT2D eigenvalue weighted by molar-refractivity contribution is 5.94. The third-order valence-corrected chi connectivity index (χ3v) is 2.98. The van der Waals surface area contributed by atoms with E-state index in [1.807, 2.05) is 0 Å². The number of nitrogens with zero attached hydrogens (tertiary/aromatic N) is 1. The number of aliphatic carboxylic acids is 1. The van der Waals surface area contributed by atoms with Gasteiger partial charge in [-0.25, -0.2) is 9.59 Å². The predicted octanol–water partition coefficient (Wildman–Crippen LogP) is 1.95. The van der Waals surface area contributed by atoms with Gasteiger partial charge in [-0.05, 0) is 30.2 Å². The van der Waals surface area contributed by atoms with Crippen LogP contribution in [0.25, 0.3) is 0 Å². The highest BCUT2D eigenvalue weighted by Crippen LogP contribution is 2.18. The van der Waals surface area contributed by atoms with Crippen LogP contribution in [-0.4, -0.2) is 37.3 Å². The summed E-state index contributed by atoms with van der Waals surface area (Å²) in [6.45, 7) is 3.49. The normalized spacial score (nSPS) is 11.8. The van der Waals surface area contributed by atoms with Crippen LogP contribution in [0.3, 0.4) is 0 Å². The molecule has 0 aliphatic rings. The van der Waals surface area contributed by atoms with E-state index in [2.05, 4.69) is 5.32 Å². The molecule has 1 rings (SSSR count). The summed E-state index contributed by atoms with van der Waals surface area (Å²) >= 11 is 0. The molecule has 6 heteroatoms. The van der Waals surface area contributed by atoms with Crippen molar-refractivity contribution in [3.8, 4) is 5.75 Å². The SMILES string of the molecule is COc1ccc(N(C)C(=O)NC(C(=O)O)C(C)C)cc1. The summed E-state index contributed by atoms with van der Waals surface area (Å²) < 4.78 is 5.04. The van der Waals surface area contributed by atoms with Gasteiger partial charge in [0.25, 0.3) is 0 Å². The molecule has 20 heavy (non-hydrogen) atoms. The lowest BCUT2D eigenvalue weighted by atomic mass is 10.1. The highest BCUT2D eigenvalue weighted by atomic mass is 16.5. The fraction of sp³-hybridized carbons (Fsp3) is 0.429. The molecule has 0 fully saturated rings. The summed E-state index contributed by atoms with van der Waals surface area (Å²) in [6, 6.07) is 5.54. The molecule has 1 atom stereocenters. The van der Waals surface area contributed by atoms with Crippen molar-refractivity contribution in [2.45, 2.75) is 19.9 Å². The van der Waals surface area contributed by atoms with Crippen molar-refractivity contribution >= 4 is 17.7 Å². The van der Waals surface area contributed by atoms with E-state index in [9.17, 15) is 9.59 Å². The zero-order valence-corrected chi connectivity index (χ0v) is 12.1. The van der Waals surface area contributed by atoms with Gasteiger partial charge in [-0.3, -0.25) is 4.90 Å². The number of carboxylic acid groups (broad SMARTS) is 1. The van der Waals surface area contributed by atoms with Crippen LogP contribution in [0.4, 0.5) is 10.5 Å². The quantitative estimate of drug-likeness (QED) is 0.864. The second-order valence-electron chi connectivity index (χ2n) is 4.77. The Labute approximate surface area is 118 Å². The first-order valence-corrected chi connectivity index (χ1v) is 6.28. The molecule has 1 aromatic rings. The number of hydrogen-bond acceptors (Lipinski definition) is 3. The largest absolute Gasteiger partial charge is 0.497 e. The molecule has 2 amide bonds. The van der Waals surface area contributed by atoms with E-state index in [-0.39, 0.29) is 5.92 Å². The molecule has 0 spiro atoms. The first-order chi connectivity index (χ1) is 9.36. The summed E-state index contributed by atoms with van der Waals surface area (Å²) in [5, 5.41) is 11.6. The maximum Gasteiger partial charge on any atom is 0.326 e. The molecule has 0 saturated heterocycles. The van der Waals surface area contributed by atoms with Crippen molar-refractivity contribution in [3.05, 3.63) is 24.3 Å². The number of ether oxygens (including phenoxy) is 1. The number of urea groups is 1. The molecule has 2 N–H and O–H groups in total. The van der Waals surface area contributed by atoms with Gasteiger partial charge in [0.05, 0.1) is 7.11 Å². The Hall–Kier alpha value is -2.24. The summed E-state index contributed by atoms with van der Waals surface area (Å²) in [5.74, 6) is -0.551. The maximum atomic E-state index is 12.0. The number of hydrogen-bond donors (Lipinski definition) is 2. The molecule has 0 bridgehead atoms. The third-order valence-electron chi connectivity index (χ3n) is 2.98. The molecule has 110 valence electrons. The standard InChI is InChI=1S/C14H20N2O4/c1-9(2)12(13(17)18)15-14(19)16(3)10-5-7-11(20-4)8-6-10/h5-9,12H,1-4H3,(H,15,19)(H,17,18). The Bertz CT molecular complexity index is 471. The summed E-state index contributed by atoms with van der Waals surface area (Å²) in [6.07, 6.45) is 0. The van der Waals surface area contributed by atoms with Gasteiger partial charge in [0.15, 0.2) is 0 Å². The summed E-state index contributed by atoms with van der Waals surface area (Å²) in [4.78, 5) is 24.5. The number of carboxylic acids is 1. The van der Waals surface area contributed by atoms with E-state index in [4.69, 9.17) is 9.84 Å². The average Bonchev–Trinajstić information content (AvgIpc) is 2.43. The predicted molar refractivity (Wildman–Crippen MR) is 76.2 cm³/mol. The van der Waals surface area contributed by atoms with Crippen LogP contribution in [0.15, 0.2) is 24.3 Å². The number of benzene rings is 1. The lowest BCUT2D eigenvalue weighted by Gasteiger charge is -2.23. The van der Waals surface area contributed by atoms with Crippen LogP contribution < -0.4 is 15.0 Å². The van der Waals surface area contributed by atoms with E-state index in [1.165, 1.54) is 4.90 Å². The minimum atomic E-state index is -1.04. The van der Waals surface area contributed by atoms with Gasteiger partial charge in [0.2, 0.25) is 0 Å². The molecule has 1 unspecified atom stereocenters. The van der Waals surface area contributed by atoms with Gasteiger partial charge in [0.1, 0.15) is 11.8 Å². The van der Waals surface area contributed by atoms with Gasteiger partial charge in [0, 0.05) is 12.7 Å². The van der Waals surface area contributed by atoms with Crippen molar-refractivity contribution in [1.29, 1.82) is 0 Å². The van der Waals surface area contributed by atoms with Gasteiger partial charge < -0.3 is 15.2 Å². The van der Waals surface area contributed by atoms with Crippen LogP contribution in [0.5, 0.6) is 5.75 Å². The van der Waals surface area contributed by atoms with Gasteiger partial charge >= 0.3 is 12.0 Å². The summed E-state index contributed by atoms with van der Waals surface area (Å²) in [7, 11) is 3.14. The van der Waals surface area contributed by atoms with Crippen molar-refractivity contribution in [2.75, 3.05) is 19.1 Å². The molecule has 0 aliphatic heterocycles. The van der Waals surface area contributed by atoms with Crippen LogP contribution in [-0.2, 0) is 4.79 Å². The van der Waals surface area contributed by atoms with E-state index < -0.39 is 18.0 Å². The number of rotatable bonds is 5. The van der Waals surface area contributed by atoms with E-state index in [1.54, 1.807) is 52.3 Å². The van der Waals surface area contributed by atoms with E-state index in [0.717, 1.165) is 0 Å². The lowest BCUT2D eigenvalue weighted by molar-refractivity contribution is -0.140. The fourth-order valence-corrected chi connectivity index (χ4v) is 1.67. The second-order valence-corrected chi connectivity index (χ2v) is 4.77. The Kier molecular flexibility index (Phi) is 5.37. The molecular formula is C14H20N2O4. The van der Waals surface area contributed by atoms with Crippen molar-refractivity contribution in [1.82, 2.24) is 5.32 Å². The third kappa shape index (κ3) is 3.88. The van der Waals surface area contributed by atoms with Crippen LogP contribution in [0, 0.1) is 5.92 Å². The van der Waals surface area contributed by atoms with Gasteiger partial charge in [-0.15, -0.1) is 0 Å². The number of nitrogens with one attached hydrogen (secondary N) is 1. The molecule has 0 heterocycles. The minimum absolute atomic E-state index is 0.194. The second kappa shape index (κ2) is 6.79. The van der Waals surface area contributed by atoms with Crippen molar-refractivity contribution < 1.29 is 19.4 Å². The van der Waals surface area contributed by atoms with Crippen LogP contribution >= 0.6 is 0 Å². The van der Waals surface area contributed by atoms with E-state index >= 15 is 0 Å². The van der Waals surface area contributed by atoms with Gasteiger partial charge in [-0.2, -0.15) is 0 Å². The molecule has 0 aliphatic carbocycles. The Morgan fingerprint density at radius 3 is 2.20 bits per heavy atom. The molecule has 1 aromatic carbocycles.